The monoisotopic (exact) mass is 303 g/mol. The molecule has 0 aromatic heterocycles. The highest BCUT2D eigenvalue weighted by atomic mass is 16.5. The number of carbonyl (C=O) groups excluding carboxylic acids is 1. The Morgan fingerprint density at radius 3 is 2.59 bits per heavy atom. The van der Waals surface area contributed by atoms with Gasteiger partial charge in [0.2, 0.25) is 0 Å². The van der Waals surface area contributed by atoms with Crippen molar-refractivity contribution in [2.75, 3.05) is 13.1 Å². The van der Waals surface area contributed by atoms with Crippen LogP contribution in [0.15, 0.2) is 18.2 Å². The Hall–Kier alpha value is -1.35. The first-order chi connectivity index (χ1) is 10.3. The average Bonchev–Trinajstić information content (AvgIpc) is 2.46. The summed E-state index contributed by atoms with van der Waals surface area (Å²) >= 11 is 0. The van der Waals surface area contributed by atoms with Crippen LogP contribution >= 0.6 is 0 Å². The van der Waals surface area contributed by atoms with Gasteiger partial charge in [-0.1, -0.05) is 20.8 Å². The molecule has 1 fully saturated rings. The lowest BCUT2D eigenvalue weighted by Gasteiger charge is -2.26. The minimum atomic E-state index is -0.0503. The summed E-state index contributed by atoms with van der Waals surface area (Å²) in [5, 5.41) is 3.32. The van der Waals surface area contributed by atoms with Gasteiger partial charge < -0.3 is 10.1 Å². The SMILES string of the molecule is CC(C)Oc1ccc(C(=O)C2CCCNC2)cc1C(C)(C)C. The molecule has 3 nitrogen and oxygen atoms in total. The van der Waals surface area contributed by atoms with Crippen LogP contribution in [-0.4, -0.2) is 25.0 Å². The zero-order valence-corrected chi connectivity index (χ0v) is 14.5. The summed E-state index contributed by atoms with van der Waals surface area (Å²) in [7, 11) is 0. The molecule has 1 aromatic carbocycles. The van der Waals surface area contributed by atoms with E-state index in [1.54, 1.807) is 0 Å². The Morgan fingerprint density at radius 1 is 1.32 bits per heavy atom. The van der Waals surface area contributed by atoms with Gasteiger partial charge in [0.15, 0.2) is 5.78 Å². The van der Waals surface area contributed by atoms with Crippen molar-refractivity contribution in [3.05, 3.63) is 29.3 Å². The predicted octanol–water partition coefficient (Wildman–Crippen LogP) is 3.95. The topological polar surface area (TPSA) is 38.3 Å². The molecule has 0 bridgehead atoms. The summed E-state index contributed by atoms with van der Waals surface area (Å²) in [6.07, 6.45) is 2.20. The standard InChI is InChI=1S/C19H29NO2/c1-13(2)22-17-9-8-14(11-16(17)19(3,4)5)18(21)15-7-6-10-20-12-15/h8-9,11,13,15,20H,6-7,10,12H2,1-5H3. The van der Waals surface area contributed by atoms with Crippen LogP contribution in [0.4, 0.5) is 0 Å². The molecule has 0 amide bonds. The van der Waals surface area contributed by atoms with Gasteiger partial charge in [-0.05, 0) is 56.8 Å². The van der Waals surface area contributed by atoms with Gasteiger partial charge in [-0.3, -0.25) is 4.79 Å². The first-order valence-electron chi connectivity index (χ1n) is 8.35. The number of ether oxygens (including phenoxy) is 1. The van der Waals surface area contributed by atoms with Crippen molar-refractivity contribution in [1.29, 1.82) is 0 Å². The summed E-state index contributed by atoms with van der Waals surface area (Å²) < 4.78 is 5.93. The second-order valence-corrected chi connectivity index (χ2v) is 7.54. The van der Waals surface area contributed by atoms with Crippen molar-refractivity contribution >= 4 is 5.78 Å². The van der Waals surface area contributed by atoms with Crippen LogP contribution in [0.2, 0.25) is 0 Å². The summed E-state index contributed by atoms with van der Waals surface area (Å²) in [6.45, 7) is 12.4. The van der Waals surface area contributed by atoms with Gasteiger partial charge in [0.05, 0.1) is 6.10 Å². The normalized spacial score (nSPS) is 19.3. The molecule has 0 aliphatic carbocycles. The number of hydrogen-bond donors (Lipinski definition) is 1. The van der Waals surface area contributed by atoms with Crippen molar-refractivity contribution in [3.8, 4) is 5.75 Å². The molecular formula is C19H29NO2. The van der Waals surface area contributed by atoms with E-state index in [9.17, 15) is 4.79 Å². The molecule has 1 unspecified atom stereocenters. The van der Waals surface area contributed by atoms with E-state index in [4.69, 9.17) is 4.74 Å². The molecule has 0 spiro atoms. The van der Waals surface area contributed by atoms with Crippen molar-refractivity contribution in [2.45, 2.75) is 59.0 Å². The van der Waals surface area contributed by atoms with E-state index in [1.165, 1.54) is 0 Å². The summed E-state index contributed by atoms with van der Waals surface area (Å²) in [4.78, 5) is 12.7. The van der Waals surface area contributed by atoms with Gasteiger partial charge in [-0.25, -0.2) is 0 Å². The van der Waals surface area contributed by atoms with E-state index in [2.05, 4.69) is 26.1 Å². The van der Waals surface area contributed by atoms with Gasteiger partial charge in [0.25, 0.3) is 0 Å². The van der Waals surface area contributed by atoms with Crippen molar-refractivity contribution in [3.63, 3.8) is 0 Å². The largest absolute Gasteiger partial charge is 0.491 e. The first kappa shape index (κ1) is 17.0. The maximum absolute atomic E-state index is 12.7. The Bertz CT molecular complexity index is 523. The molecule has 1 aliphatic rings. The third kappa shape index (κ3) is 4.10. The zero-order chi connectivity index (χ0) is 16.3. The van der Waals surface area contributed by atoms with Gasteiger partial charge >= 0.3 is 0 Å². The van der Waals surface area contributed by atoms with E-state index < -0.39 is 0 Å². The molecule has 1 atom stereocenters. The second kappa shape index (κ2) is 6.82. The summed E-state index contributed by atoms with van der Waals surface area (Å²) in [5.74, 6) is 1.26. The minimum Gasteiger partial charge on any atom is -0.491 e. The quantitative estimate of drug-likeness (QED) is 0.856. The first-order valence-corrected chi connectivity index (χ1v) is 8.35. The van der Waals surface area contributed by atoms with Gasteiger partial charge in [-0.2, -0.15) is 0 Å². The lowest BCUT2D eigenvalue weighted by molar-refractivity contribution is 0.0899. The smallest absolute Gasteiger partial charge is 0.167 e. The molecule has 22 heavy (non-hydrogen) atoms. The molecule has 0 radical (unpaired) electrons. The number of ketones is 1. The molecule has 1 saturated heterocycles. The average molecular weight is 303 g/mol. The fourth-order valence-electron chi connectivity index (χ4n) is 2.94. The van der Waals surface area contributed by atoms with Crippen LogP contribution in [0.25, 0.3) is 0 Å². The predicted molar refractivity (Wildman–Crippen MR) is 90.8 cm³/mol. The number of nitrogens with one attached hydrogen (secondary N) is 1. The van der Waals surface area contributed by atoms with Crippen LogP contribution < -0.4 is 10.1 Å². The lowest BCUT2D eigenvalue weighted by atomic mass is 9.83. The number of carbonyl (C=O) groups is 1. The Balaban J connectivity index is 2.31. The molecule has 3 heteroatoms. The molecule has 1 aliphatic heterocycles. The number of Topliss-reactive ketones (excluding diaryl/α,β-unsaturated/α-hetero) is 1. The van der Waals surface area contributed by atoms with Crippen molar-refractivity contribution in [2.24, 2.45) is 5.92 Å². The third-order valence-electron chi connectivity index (χ3n) is 4.10. The van der Waals surface area contributed by atoms with Crippen LogP contribution in [0.3, 0.4) is 0 Å². The minimum absolute atomic E-state index is 0.0503. The number of hydrogen-bond acceptors (Lipinski definition) is 3. The molecule has 1 heterocycles. The number of rotatable bonds is 4. The van der Waals surface area contributed by atoms with E-state index >= 15 is 0 Å². The van der Waals surface area contributed by atoms with Gasteiger partial charge in [0.1, 0.15) is 5.75 Å². The molecule has 1 N–H and O–H groups in total. The van der Waals surface area contributed by atoms with Gasteiger partial charge in [0, 0.05) is 23.6 Å². The van der Waals surface area contributed by atoms with Crippen molar-refractivity contribution in [1.82, 2.24) is 5.32 Å². The Morgan fingerprint density at radius 2 is 2.05 bits per heavy atom. The molecule has 2 rings (SSSR count). The van der Waals surface area contributed by atoms with E-state index in [0.717, 1.165) is 42.8 Å². The van der Waals surface area contributed by atoms with Crippen LogP contribution in [-0.2, 0) is 5.41 Å². The fourth-order valence-corrected chi connectivity index (χ4v) is 2.94. The number of piperidine rings is 1. The van der Waals surface area contributed by atoms with Crippen molar-refractivity contribution < 1.29 is 9.53 Å². The molecule has 1 aromatic rings. The molecular weight excluding hydrogens is 274 g/mol. The fraction of sp³-hybridized carbons (Fsp3) is 0.632. The van der Waals surface area contributed by atoms with Crippen LogP contribution in [0.5, 0.6) is 5.75 Å². The highest BCUT2D eigenvalue weighted by molar-refractivity contribution is 5.98. The molecule has 0 saturated carbocycles. The van der Waals surface area contributed by atoms with E-state index in [0.29, 0.717) is 0 Å². The van der Waals surface area contributed by atoms with E-state index in [-0.39, 0.29) is 23.2 Å². The lowest BCUT2D eigenvalue weighted by Crippen LogP contribution is -2.34. The zero-order valence-electron chi connectivity index (χ0n) is 14.5. The number of benzene rings is 1. The Kier molecular flexibility index (Phi) is 5.28. The third-order valence-corrected chi connectivity index (χ3v) is 4.10. The Labute approximate surface area is 134 Å². The maximum Gasteiger partial charge on any atom is 0.167 e. The highest BCUT2D eigenvalue weighted by Crippen LogP contribution is 2.33. The second-order valence-electron chi connectivity index (χ2n) is 7.54. The summed E-state index contributed by atoms with van der Waals surface area (Å²) in [5.41, 5.74) is 1.87. The van der Waals surface area contributed by atoms with E-state index in [1.807, 2.05) is 32.0 Å². The van der Waals surface area contributed by atoms with Crippen LogP contribution in [0.1, 0.15) is 63.4 Å². The summed E-state index contributed by atoms with van der Waals surface area (Å²) in [6, 6.07) is 5.92. The van der Waals surface area contributed by atoms with Gasteiger partial charge in [-0.15, -0.1) is 0 Å². The maximum atomic E-state index is 12.7. The van der Waals surface area contributed by atoms with Crippen LogP contribution in [0, 0.1) is 5.92 Å². The molecule has 122 valence electrons. The highest BCUT2D eigenvalue weighted by Gasteiger charge is 2.25.